The second-order valence-electron chi connectivity index (χ2n) is 5.70. The van der Waals surface area contributed by atoms with Gasteiger partial charge >= 0.3 is 0 Å². The number of Topliss-reactive ketones (excluding diaryl/α,β-unsaturated/α-hetero) is 1. The summed E-state index contributed by atoms with van der Waals surface area (Å²) in [6.07, 6.45) is 7.22. The maximum Gasteiger partial charge on any atom is 0.159 e. The lowest BCUT2D eigenvalue weighted by Gasteiger charge is -2.06. The third kappa shape index (κ3) is 4.19. The van der Waals surface area contributed by atoms with Gasteiger partial charge in [-0.2, -0.15) is 0 Å². The fourth-order valence-corrected chi connectivity index (χ4v) is 2.78. The van der Waals surface area contributed by atoms with Crippen LogP contribution in [0.1, 0.15) is 24.0 Å². The van der Waals surface area contributed by atoms with Crippen LogP contribution in [-0.2, 0) is 16.1 Å². The van der Waals surface area contributed by atoms with Gasteiger partial charge in [0.05, 0.1) is 6.26 Å². The Labute approximate surface area is 137 Å². The molecule has 0 aliphatic heterocycles. The van der Waals surface area contributed by atoms with Crippen molar-refractivity contribution >= 4 is 11.9 Å². The van der Waals surface area contributed by atoms with Crippen molar-refractivity contribution in [2.45, 2.75) is 19.4 Å². The molecule has 1 fully saturated rings. The smallest absolute Gasteiger partial charge is 0.159 e. The van der Waals surface area contributed by atoms with Crippen molar-refractivity contribution in [3.8, 4) is 0 Å². The fourth-order valence-electron chi connectivity index (χ4n) is 2.78. The van der Waals surface area contributed by atoms with E-state index in [-0.39, 0.29) is 11.7 Å². The maximum absolute atomic E-state index is 12.1. The Balaban J connectivity index is 1.63. The number of ketones is 1. The maximum atomic E-state index is 12.1. The van der Waals surface area contributed by atoms with E-state index in [4.69, 9.17) is 4.74 Å². The number of ether oxygens (including phenoxy) is 1. The molecule has 2 nitrogen and oxygen atoms in total. The van der Waals surface area contributed by atoms with Crippen LogP contribution in [0.3, 0.4) is 0 Å². The van der Waals surface area contributed by atoms with Crippen molar-refractivity contribution in [2.75, 3.05) is 0 Å². The molecule has 2 aromatic carbocycles. The van der Waals surface area contributed by atoms with Crippen LogP contribution in [0.4, 0.5) is 0 Å². The van der Waals surface area contributed by atoms with Gasteiger partial charge in [0.1, 0.15) is 6.61 Å². The zero-order valence-electron chi connectivity index (χ0n) is 13.0. The first-order valence-corrected chi connectivity index (χ1v) is 7.95. The van der Waals surface area contributed by atoms with Crippen molar-refractivity contribution in [3.63, 3.8) is 0 Å². The van der Waals surface area contributed by atoms with Crippen LogP contribution < -0.4 is 0 Å². The highest BCUT2D eigenvalue weighted by atomic mass is 16.5. The Bertz CT molecular complexity index is 699. The molecule has 0 aromatic heterocycles. The lowest BCUT2D eigenvalue weighted by atomic mass is 10.00. The molecule has 0 heterocycles. The van der Waals surface area contributed by atoms with E-state index in [1.54, 1.807) is 6.26 Å². The van der Waals surface area contributed by atoms with Gasteiger partial charge in [-0.05, 0) is 29.7 Å². The minimum atomic E-state index is 0.151. The van der Waals surface area contributed by atoms with Crippen molar-refractivity contribution in [2.24, 2.45) is 5.92 Å². The standard InChI is InChI=1S/C21H20O2/c22-21-12-11-19(20(21)15-17-7-3-1-4-8-17)13-14-23-16-18-9-5-2-6-10-18/h1-10,13-15,19H,11-12,16H2/b14-13+,20-15-. The largest absolute Gasteiger partial charge is 0.497 e. The van der Waals surface area contributed by atoms with Crippen molar-refractivity contribution in [1.29, 1.82) is 0 Å². The number of hydrogen-bond donors (Lipinski definition) is 0. The first-order valence-electron chi connectivity index (χ1n) is 7.95. The molecule has 0 spiro atoms. The van der Waals surface area contributed by atoms with Crippen molar-refractivity contribution in [1.82, 2.24) is 0 Å². The van der Waals surface area contributed by atoms with E-state index in [0.29, 0.717) is 13.0 Å². The topological polar surface area (TPSA) is 26.3 Å². The van der Waals surface area contributed by atoms with Gasteiger partial charge in [-0.15, -0.1) is 0 Å². The summed E-state index contributed by atoms with van der Waals surface area (Å²) in [5, 5.41) is 0. The van der Waals surface area contributed by atoms with E-state index in [1.165, 1.54) is 0 Å². The molecule has 2 aromatic rings. The summed E-state index contributed by atoms with van der Waals surface area (Å²) in [6.45, 7) is 0.551. The molecule has 2 heteroatoms. The first-order chi connectivity index (χ1) is 11.3. The van der Waals surface area contributed by atoms with E-state index >= 15 is 0 Å². The Kier molecular flexibility index (Phi) is 5.05. The summed E-state index contributed by atoms with van der Waals surface area (Å²) < 4.78 is 5.60. The summed E-state index contributed by atoms with van der Waals surface area (Å²) in [6, 6.07) is 20.0. The molecule has 1 aliphatic carbocycles. The average Bonchev–Trinajstić information content (AvgIpc) is 2.94. The summed E-state index contributed by atoms with van der Waals surface area (Å²) in [5.74, 6) is 0.394. The number of carbonyl (C=O) groups is 1. The van der Waals surface area contributed by atoms with Gasteiger partial charge in [0.2, 0.25) is 0 Å². The predicted octanol–water partition coefficient (Wildman–Crippen LogP) is 4.78. The lowest BCUT2D eigenvalue weighted by molar-refractivity contribution is -0.114. The predicted molar refractivity (Wildman–Crippen MR) is 92.5 cm³/mol. The minimum absolute atomic E-state index is 0.151. The highest BCUT2D eigenvalue weighted by molar-refractivity contribution is 6.02. The lowest BCUT2D eigenvalue weighted by Crippen LogP contribution is -1.99. The molecule has 0 amide bonds. The van der Waals surface area contributed by atoms with Crippen molar-refractivity contribution in [3.05, 3.63) is 89.7 Å². The molecule has 1 atom stereocenters. The van der Waals surface area contributed by atoms with E-state index in [2.05, 4.69) is 0 Å². The minimum Gasteiger partial charge on any atom is -0.497 e. The normalized spacial score (nSPS) is 19.6. The van der Waals surface area contributed by atoms with E-state index < -0.39 is 0 Å². The monoisotopic (exact) mass is 304 g/mol. The van der Waals surface area contributed by atoms with Gasteiger partial charge in [-0.3, -0.25) is 4.79 Å². The van der Waals surface area contributed by atoms with Gasteiger partial charge in [0.15, 0.2) is 5.78 Å². The number of carbonyl (C=O) groups excluding carboxylic acids is 1. The van der Waals surface area contributed by atoms with E-state index in [0.717, 1.165) is 23.1 Å². The molecule has 0 N–H and O–H groups in total. The van der Waals surface area contributed by atoms with Gasteiger partial charge in [-0.25, -0.2) is 0 Å². The quantitative estimate of drug-likeness (QED) is 0.587. The second kappa shape index (κ2) is 7.59. The molecule has 1 unspecified atom stereocenters. The molecule has 1 saturated carbocycles. The summed E-state index contributed by atoms with van der Waals surface area (Å²) in [4.78, 5) is 12.1. The summed E-state index contributed by atoms with van der Waals surface area (Å²) in [7, 11) is 0. The Hall–Kier alpha value is -2.61. The highest BCUT2D eigenvalue weighted by Crippen LogP contribution is 2.31. The van der Waals surface area contributed by atoms with Crippen LogP contribution >= 0.6 is 0 Å². The van der Waals surface area contributed by atoms with Crippen LogP contribution in [0.5, 0.6) is 0 Å². The Morgan fingerprint density at radius 2 is 1.70 bits per heavy atom. The number of benzene rings is 2. The molecular weight excluding hydrogens is 284 g/mol. The van der Waals surface area contributed by atoms with Crippen LogP contribution in [0.25, 0.3) is 6.08 Å². The Morgan fingerprint density at radius 3 is 2.43 bits per heavy atom. The highest BCUT2D eigenvalue weighted by Gasteiger charge is 2.26. The molecule has 23 heavy (non-hydrogen) atoms. The van der Waals surface area contributed by atoms with Gasteiger partial charge < -0.3 is 4.74 Å². The molecular formula is C21H20O2. The van der Waals surface area contributed by atoms with Crippen molar-refractivity contribution < 1.29 is 9.53 Å². The molecule has 3 rings (SSSR count). The summed E-state index contributed by atoms with van der Waals surface area (Å²) in [5.41, 5.74) is 3.09. The van der Waals surface area contributed by atoms with Gasteiger partial charge in [-0.1, -0.05) is 60.7 Å². The average molecular weight is 304 g/mol. The van der Waals surface area contributed by atoms with Crippen LogP contribution in [0, 0.1) is 5.92 Å². The molecule has 0 bridgehead atoms. The zero-order valence-corrected chi connectivity index (χ0v) is 13.0. The third-order valence-electron chi connectivity index (χ3n) is 4.03. The van der Waals surface area contributed by atoms with E-state index in [1.807, 2.05) is 72.8 Å². The van der Waals surface area contributed by atoms with E-state index in [9.17, 15) is 4.79 Å². The van der Waals surface area contributed by atoms with Crippen LogP contribution in [0.15, 0.2) is 78.6 Å². The first kappa shape index (κ1) is 15.3. The van der Waals surface area contributed by atoms with Gasteiger partial charge in [0, 0.05) is 17.9 Å². The molecule has 0 radical (unpaired) electrons. The fraction of sp³-hybridized carbons (Fsp3) is 0.190. The third-order valence-corrected chi connectivity index (χ3v) is 4.03. The molecule has 1 aliphatic rings. The van der Waals surface area contributed by atoms with Crippen LogP contribution in [0.2, 0.25) is 0 Å². The Morgan fingerprint density at radius 1 is 1.00 bits per heavy atom. The molecule has 116 valence electrons. The zero-order chi connectivity index (χ0) is 15.9. The number of rotatable bonds is 5. The number of allylic oxidation sites excluding steroid dienone is 2. The SMILES string of the molecule is O=C1CCC(/C=C/OCc2ccccc2)/C1=C/c1ccccc1. The molecule has 0 saturated heterocycles. The second-order valence-corrected chi connectivity index (χ2v) is 5.70. The van der Waals surface area contributed by atoms with Crippen LogP contribution in [-0.4, -0.2) is 5.78 Å². The van der Waals surface area contributed by atoms with Gasteiger partial charge in [0.25, 0.3) is 0 Å². The number of hydrogen-bond acceptors (Lipinski definition) is 2. The summed E-state index contributed by atoms with van der Waals surface area (Å²) >= 11 is 0.